The van der Waals surface area contributed by atoms with Gasteiger partial charge in [0.15, 0.2) is 5.69 Å². The number of nitrogens with zero attached hydrogens (tertiary/aromatic N) is 5. The largest absolute Gasteiger partial charge is 0.444 e. The smallest absolute Gasteiger partial charge is 0.435 e. The Bertz CT molecular complexity index is 2780. The monoisotopic (exact) mass is 888 g/mol. The second-order valence-electron chi connectivity index (χ2n) is 17.4. The minimum absolute atomic E-state index is 0.0451. The third-order valence-corrected chi connectivity index (χ3v) is 11.7. The van der Waals surface area contributed by atoms with Gasteiger partial charge in [-0.25, -0.2) is 23.5 Å². The van der Waals surface area contributed by atoms with Crippen LogP contribution < -0.4 is 10.6 Å². The van der Waals surface area contributed by atoms with Gasteiger partial charge in [-0.15, -0.1) is 0 Å². The quantitative estimate of drug-likeness (QED) is 0.106. The van der Waals surface area contributed by atoms with Crippen LogP contribution in [-0.4, -0.2) is 59.7 Å². The molecule has 0 bridgehead atoms. The molecule has 4 aliphatic rings. The number of carbonyl (C=O) groups excluding carboxylic acids is 3. The molecule has 1 unspecified atom stereocenters. The minimum Gasteiger partial charge on any atom is -0.444 e. The molecule has 2 aliphatic heterocycles. The number of fused-ring (bicyclic) bond motifs is 4. The van der Waals surface area contributed by atoms with E-state index in [1.807, 2.05) is 0 Å². The number of imidazole rings is 1. The summed E-state index contributed by atoms with van der Waals surface area (Å²) in [5.74, 6) is -2.89. The van der Waals surface area contributed by atoms with E-state index in [2.05, 4.69) is 37.5 Å². The number of rotatable bonds is 8. The Morgan fingerprint density at radius 1 is 1.03 bits per heavy atom. The maximum Gasteiger partial charge on any atom is 0.435 e. The summed E-state index contributed by atoms with van der Waals surface area (Å²) in [6, 6.07) is 9.23. The first-order valence-electron chi connectivity index (χ1n) is 20.5. The zero-order chi connectivity index (χ0) is 45.5. The van der Waals surface area contributed by atoms with Crippen LogP contribution in [0.15, 0.2) is 54.7 Å². The molecule has 0 radical (unpaired) electrons. The molecule has 5 aromatic rings. The Morgan fingerprint density at radius 3 is 2.53 bits per heavy atom. The number of likely N-dealkylation sites (tertiary alicyclic amines) is 1. The van der Waals surface area contributed by atoms with Crippen LogP contribution in [-0.2, 0) is 41.1 Å². The van der Waals surface area contributed by atoms with Crippen LogP contribution >= 0.6 is 0 Å². The molecule has 2 fully saturated rings. The van der Waals surface area contributed by atoms with Crippen LogP contribution in [0.5, 0.6) is 0 Å². The summed E-state index contributed by atoms with van der Waals surface area (Å²) in [6.45, 7) is 5.04. The molecular weight excluding hydrogens is 850 g/mol. The first-order chi connectivity index (χ1) is 30.2. The summed E-state index contributed by atoms with van der Waals surface area (Å²) in [5, 5.41) is 8.89. The van der Waals surface area contributed by atoms with Gasteiger partial charge in [-0.2, -0.15) is 27.1 Å². The number of benzene rings is 2. The van der Waals surface area contributed by atoms with Crippen molar-refractivity contribution < 1.29 is 49.9 Å². The predicted molar refractivity (Wildman–Crippen MR) is 213 cm³/mol. The summed E-state index contributed by atoms with van der Waals surface area (Å²) in [4.78, 5) is 53.7. The van der Waals surface area contributed by atoms with Crippen LogP contribution in [0.4, 0.5) is 35.5 Å². The molecule has 1 saturated carbocycles. The highest BCUT2D eigenvalue weighted by molar-refractivity contribution is 5.99. The van der Waals surface area contributed by atoms with Crippen molar-refractivity contribution in [1.82, 2.24) is 40.3 Å². The summed E-state index contributed by atoms with van der Waals surface area (Å²) in [5.41, 5.74) is -1.28. The Kier molecular flexibility index (Phi) is 10.3. The number of hydrogen-bond acceptors (Lipinski definition) is 7. The molecule has 2 aliphatic carbocycles. The van der Waals surface area contributed by atoms with Crippen LogP contribution in [0.1, 0.15) is 119 Å². The van der Waals surface area contributed by atoms with Crippen molar-refractivity contribution in [1.29, 1.82) is 0 Å². The van der Waals surface area contributed by atoms with E-state index in [1.54, 1.807) is 56.0 Å². The molecular formula is C45H39F7N8O4. The van der Waals surface area contributed by atoms with Crippen LogP contribution in [0.3, 0.4) is 0 Å². The number of aromatic nitrogens is 5. The lowest BCUT2D eigenvalue weighted by Crippen LogP contribution is -2.36. The van der Waals surface area contributed by atoms with Gasteiger partial charge in [0.2, 0.25) is 5.91 Å². The second kappa shape index (κ2) is 15.5. The topological polar surface area (TPSA) is 147 Å². The number of nitrogens with one attached hydrogen (secondary N) is 3. The molecule has 3 N–H and O–H groups in total. The van der Waals surface area contributed by atoms with E-state index in [0.717, 1.165) is 24.1 Å². The maximum absolute atomic E-state index is 15.5. The fourth-order valence-electron chi connectivity index (χ4n) is 8.87. The molecule has 19 heteroatoms. The van der Waals surface area contributed by atoms with E-state index in [-0.39, 0.29) is 41.7 Å². The van der Waals surface area contributed by atoms with Crippen molar-refractivity contribution in [2.24, 2.45) is 5.92 Å². The number of hydrogen-bond donors (Lipinski definition) is 3. The molecule has 9 rings (SSSR count). The third-order valence-electron chi connectivity index (χ3n) is 11.7. The van der Waals surface area contributed by atoms with Crippen molar-refractivity contribution >= 4 is 17.9 Å². The van der Waals surface area contributed by atoms with E-state index in [9.17, 15) is 36.3 Å². The number of ether oxygens (including phenoxy) is 1. The Balaban J connectivity index is 1.09. The zero-order valence-corrected chi connectivity index (χ0v) is 34.5. The standard InChI is InChI=1S/C45H39F7N8O4/c1-43(2,3)64-42(63)59-12-4-5-34(59)40-53-20-28(56-40)9-8-27-10-11-29(23-6-7-24-19-54-41(62)30(24)16-23)37(55-27)33(15-22-13-25(46)17-26(47)14-22)57-35(61)21-60-39-36(38(58-60)45(50,51)52)31-18-32(31)44(39,48)49/h6-7,10-11,13-14,16-17,20,31-34H,4-5,12,15,18-19,21H2,1-3H3,(H,53,56)(H,54,62)(H,57,61)/t31-,32+,33-,34?/m0/s1. The Labute approximate surface area is 361 Å². The summed E-state index contributed by atoms with van der Waals surface area (Å²) < 4.78 is 108. The molecule has 12 nitrogen and oxygen atoms in total. The number of pyridine rings is 1. The molecule has 3 aromatic heterocycles. The number of alkyl halides is 5. The molecule has 2 aromatic carbocycles. The maximum atomic E-state index is 15.5. The van der Waals surface area contributed by atoms with Crippen LogP contribution in [0.25, 0.3) is 11.1 Å². The number of carbonyl (C=O) groups is 3. The lowest BCUT2D eigenvalue weighted by atomic mass is 9.93. The summed E-state index contributed by atoms with van der Waals surface area (Å²) in [7, 11) is 0. The fraction of sp³-hybridized carbons (Fsp3) is 0.378. The van der Waals surface area contributed by atoms with Gasteiger partial charge in [-0.05, 0) is 111 Å². The lowest BCUT2D eigenvalue weighted by Gasteiger charge is -2.27. The summed E-state index contributed by atoms with van der Waals surface area (Å²) in [6.07, 6.45) is -3.17. The number of amides is 3. The Morgan fingerprint density at radius 2 is 1.80 bits per heavy atom. The van der Waals surface area contributed by atoms with E-state index in [0.29, 0.717) is 58.5 Å². The predicted octanol–water partition coefficient (Wildman–Crippen LogP) is 7.99. The van der Waals surface area contributed by atoms with Crippen LogP contribution in [0, 0.1) is 29.4 Å². The first-order valence-corrected chi connectivity index (χ1v) is 20.5. The lowest BCUT2D eigenvalue weighted by molar-refractivity contribution is -0.142. The van der Waals surface area contributed by atoms with Gasteiger partial charge in [0.1, 0.15) is 46.7 Å². The molecule has 3 amide bonds. The SMILES string of the molecule is CC(C)(C)OC(=O)N1CCCC1c1ncc(C#Cc2ccc(-c3ccc4c(c3)C(=O)NC4)c([C@H](Cc3cc(F)cc(F)c3)NC(=O)Cn3nc(C(F)(F)F)c4c3C(F)(F)[C@@H]3C[C@H]43)n2)[nH]1. The van der Waals surface area contributed by atoms with Crippen molar-refractivity contribution in [2.75, 3.05) is 6.54 Å². The molecule has 64 heavy (non-hydrogen) atoms. The second-order valence-corrected chi connectivity index (χ2v) is 17.4. The zero-order valence-electron chi connectivity index (χ0n) is 34.5. The van der Waals surface area contributed by atoms with Crippen LogP contribution in [0.2, 0.25) is 0 Å². The number of aromatic amines is 1. The molecule has 4 atom stereocenters. The van der Waals surface area contributed by atoms with E-state index in [4.69, 9.17) is 9.72 Å². The highest BCUT2D eigenvalue weighted by Gasteiger charge is 2.68. The van der Waals surface area contributed by atoms with Crippen molar-refractivity contribution in [3.8, 4) is 23.0 Å². The molecule has 5 heterocycles. The van der Waals surface area contributed by atoms with Gasteiger partial charge in [-0.3, -0.25) is 19.2 Å². The minimum atomic E-state index is -5.06. The molecule has 0 spiro atoms. The van der Waals surface area contributed by atoms with Gasteiger partial charge < -0.3 is 20.4 Å². The average molecular weight is 889 g/mol. The van der Waals surface area contributed by atoms with Gasteiger partial charge in [0.25, 0.3) is 11.8 Å². The van der Waals surface area contributed by atoms with Crippen molar-refractivity contribution in [3.05, 3.63) is 123 Å². The van der Waals surface area contributed by atoms with Gasteiger partial charge in [0.05, 0.1) is 24.0 Å². The normalized spacial score (nSPS) is 19.9. The summed E-state index contributed by atoms with van der Waals surface area (Å²) >= 11 is 0. The first kappa shape index (κ1) is 42.6. The van der Waals surface area contributed by atoms with Gasteiger partial charge >= 0.3 is 12.3 Å². The molecule has 332 valence electrons. The van der Waals surface area contributed by atoms with Crippen molar-refractivity contribution in [3.63, 3.8) is 0 Å². The third kappa shape index (κ3) is 8.16. The van der Waals surface area contributed by atoms with Crippen molar-refractivity contribution in [2.45, 2.75) is 95.2 Å². The van der Waals surface area contributed by atoms with Gasteiger partial charge in [-0.1, -0.05) is 12.1 Å². The number of H-pyrrole nitrogens is 1. The Hall–Kier alpha value is -6.71. The highest BCUT2D eigenvalue weighted by atomic mass is 19.4. The van der Waals surface area contributed by atoms with Gasteiger partial charge in [0, 0.05) is 41.8 Å². The van der Waals surface area contributed by atoms with E-state index < -0.39 is 82.7 Å². The molecule has 1 saturated heterocycles. The van der Waals surface area contributed by atoms with E-state index in [1.165, 1.54) is 6.20 Å². The average Bonchev–Trinajstić information content (AvgIpc) is 3.65. The van der Waals surface area contributed by atoms with E-state index >= 15 is 8.78 Å². The highest BCUT2D eigenvalue weighted by Crippen LogP contribution is 2.68. The number of halogens is 7. The fourth-order valence-corrected chi connectivity index (χ4v) is 8.87.